The van der Waals surface area contributed by atoms with E-state index in [-0.39, 0.29) is 0 Å². The van der Waals surface area contributed by atoms with Gasteiger partial charge >= 0.3 is 0 Å². The third-order valence-corrected chi connectivity index (χ3v) is 5.28. The molecule has 2 nitrogen and oxygen atoms in total. The van der Waals surface area contributed by atoms with Crippen molar-refractivity contribution in [1.29, 1.82) is 0 Å². The Morgan fingerprint density at radius 3 is 3.05 bits per heavy atom. The SMILES string of the molecule is CCC1CCC(C(N)CCc2ccc3c(c2)CCO3)C1. The predicted octanol–water partition coefficient (Wildman–Crippen LogP) is 3.71. The van der Waals surface area contributed by atoms with E-state index >= 15 is 0 Å². The summed E-state index contributed by atoms with van der Waals surface area (Å²) in [6.45, 7) is 3.16. The highest BCUT2D eigenvalue weighted by Gasteiger charge is 2.27. The number of aryl methyl sites for hydroxylation is 1. The summed E-state index contributed by atoms with van der Waals surface area (Å²) >= 11 is 0. The molecule has 20 heavy (non-hydrogen) atoms. The Balaban J connectivity index is 1.52. The largest absolute Gasteiger partial charge is 0.493 e. The van der Waals surface area contributed by atoms with Crippen LogP contribution < -0.4 is 10.5 Å². The van der Waals surface area contributed by atoms with Gasteiger partial charge in [0.1, 0.15) is 5.75 Å². The Morgan fingerprint density at radius 2 is 2.25 bits per heavy atom. The van der Waals surface area contributed by atoms with Crippen LogP contribution in [0.15, 0.2) is 18.2 Å². The van der Waals surface area contributed by atoms with E-state index in [0.29, 0.717) is 6.04 Å². The lowest BCUT2D eigenvalue weighted by Gasteiger charge is -2.19. The predicted molar refractivity (Wildman–Crippen MR) is 83.1 cm³/mol. The van der Waals surface area contributed by atoms with Crippen LogP contribution in [0.3, 0.4) is 0 Å². The van der Waals surface area contributed by atoms with Crippen LogP contribution in [0, 0.1) is 11.8 Å². The zero-order valence-electron chi connectivity index (χ0n) is 12.6. The molecule has 1 aromatic carbocycles. The van der Waals surface area contributed by atoms with E-state index in [4.69, 9.17) is 10.5 Å². The summed E-state index contributed by atoms with van der Waals surface area (Å²) in [6, 6.07) is 7.04. The number of hydrogen-bond donors (Lipinski definition) is 1. The third kappa shape index (κ3) is 3.01. The highest BCUT2D eigenvalue weighted by molar-refractivity contribution is 5.39. The van der Waals surface area contributed by atoms with Gasteiger partial charge in [-0.1, -0.05) is 31.9 Å². The lowest BCUT2D eigenvalue weighted by atomic mass is 9.91. The van der Waals surface area contributed by atoms with Gasteiger partial charge in [-0.2, -0.15) is 0 Å². The van der Waals surface area contributed by atoms with Gasteiger partial charge in [-0.25, -0.2) is 0 Å². The van der Waals surface area contributed by atoms with E-state index in [9.17, 15) is 0 Å². The molecule has 1 heterocycles. The first-order chi connectivity index (χ1) is 9.76. The summed E-state index contributed by atoms with van der Waals surface area (Å²) in [5.41, 5.74) is 9.24. The number of fused-ring (bicyclic) bond motifs is 1. The molecule has 2 aliphatic rings. The van der Waals surface area contributed by atoms with Crippen LogP contribution >= 0.6 is 0 Å². The van der Waals surface area contributed by atoms with E-state index in [1.165, 1.54) is 36.8 Å². The maximum atomic E-state index is 6.43. The van der Waals surface area contributed by atoms with Crippen molar-refractivity contribution in [2.45, 2.75) is 57.9 Å². The molecule has 1 saturated carbocycles. The highest BCUT2D eigenvalue weighted by Crippen LogP contribution is 2.35. The van der Waals surface area contributed by atoms with Gasteiger partial charge in [0.2, 0.25) is 0 Å². The molecule has 1 aromatic rings. The van der Waals surface area contributed by atoms with Crippen LogP contribution in [0.5, 0.6) is 5.75 Å². The molecular weight excluding hydrogens is 246 g/mol. The molecule has 1 fully saturated rings. The molecular formula is C18H27NO. The van der Waals surface area contributed by atoms with E-state index in [1.807, 2.05) is 0 Å². The van der Waals surface area contributed by atoms with Crippen LogP contribution in [-0.4, -0.2) is 12.6 Å². The normalized spacial score (nSPS) is 26.3. The Bertz CT molecular complexity index is 457. The van der Waals surface area contributed by atoms with Gasteiger partial charge in [0, 0.05) is 12.5 Å². The van der Waals surface area contributed by atoms with Gasteiger partial charge in [-0.15, -0.1) is 0 Å². The molecule has 0 bridgehead atoms. The monoisotopic (exact) mass is 273 g/mol. The molecule has 110 valence electrons. The Kier molecular flexibility index (Phi) is 4.30. The minimum Gasteiger partial charge on any atom is -0.493 e. The number of rotatable bonds is 5. The zero-order valence-corrected chi connectivity index (χ0v) is 12.6. The fourth-order valence-electron chi connectivity index (χ4n) is 3.84. The highest BCUT2D eigenvalue weighted by atomic mass is 16.5. The molecule has 0 amide bonds. The van der Waals surface area contributed by atoms with Crippen LogP contribution in [0.4, 0.5) is 0 Å². The molecule has 0 radical (unpaired) electrons. The number of hydrogen-bond acceptors (Lipinski definition) is 2. The minimum atomic E-state index is 0.385. The molecule has 2 heteroatoms. The van der Waals surface area contributed by atoms with Crippen molar-refractivity contribution in [2.75, 3.05) is 6.61 Å². The zero-order chi connectivity index (χ0) is 13.9. The second-order valence-corrected chi connectivity index (χ2v) is 6.59. The lowest BCUT2D eigenvalue weighted by Crippen LogP contribution is -2.29. The maximum Gasteiger partial charge on any atom is 0.122 e. The minimum absolute atomic E-state index is 0.385. The Morgan fingerprint density at radius 1 is 1.35 bits per heavy atom. The summed E-state index contributed by atoms with van der Waals surface area (Å²) in [5.74, 6) is 2.78. The summed E-state index contributed by atoms with van der Waals surface area (Å²) in [5, 5.41) is 0. The van der Waals surface area contributed by atoms with E-state index in [1.54, 1.807) is 0 Å². The first kappa shape index (κ1) is 13.9. The maximum absolute atomic E-state index is 6.43. The van der Waals surface area contributed by atoms with Gasteiger partial charge in [-0.3, -0.25) is 0 Å². The lowest BCUT2D eigenvalue weighted by molar-refractivity contribution is 0.356. The van der Waals surface area contributed by atoms with Crippen LogP contribution in [0.1, 0.15) is 50.2 Å². The second-order valence-electron chi connectivity index (χ2n) is 6.59. The first-order valence-electron chi connectivity index (χ1n) is 8.26. The number of ether oxygens (including phenoxy) is 1. The fourth-order valence-corrected chi connectivity index (χ4v) is 3.84. The van der Waals surface area contributed by atoms with Crippen LogP contribution in [0.2, 0.25) is 0 Å². The van der Waals surface area contributed by atoms with Crippen molar-refractivity contribution in [1.82, 2.24) is 0 Å². The first-order valence-corrected chi connectivity index (χ1v) is 8.26. The number of nitrogens with two attached hydrogens (primary N) is 1. The molecule has 3 unspecified atom stereocenters. The molecule has 1 aliphatic heterocycles. The van der Waals surface area contributed by atoms with E-state index in [2.05, 4.69) is 25.1 Å². The van der Waals surface area contributed by atoms with Crippen molar-refractivity contribution >= 4 is 0 Å². The van der Waals surface area contributed by atoms with Gasteiger partial charge in [0.05, 0.1) is 6.61 Å². The van der Waals surface area contributed by atoms with Crippen molar-refractivity contribution in [2.24, 2.45) is 17.6 Å². The Hall–Kier alpha value is -1.02. The van der Waals surface area contributed by atoms with Gasteiger partial charge in [0.25, 0.3) is 0 Å². The quantitative estimate of drug-likeness (QED) is 0.887. The van der Waals surface area contributed by atoms with Gasteiger partial charge < -0.3 is 10.5 Å². The van der Waals surface area contributed by atoms with E-state index < -0.39 is 0 Å². The fraction of sp³-hybridized carbons (Fsp3) is 0.667. The van der Waals surface area contributed by atoms with Gasteiger partial charge in [-0.05, 0) is 54.7 Å². The van der Waals surface area contributed by atoms with E-state index in [0.717, 1.165) is 43.5 Å². The second kappa shape index (κ2) is 6.17. The number of benzene rings is 1. The smallest absolute Gasteiger partial charge is 0.122 e. The Labute approximate surface area is 122 Å². The van der Waals surface area contributed by atoms with Crippen LogP contribution in [0.25, 0.3) is 0 Å². The average Bonchev–Trinajstić information content (AvgIpc) is 3.12. The third-order valence-electron chi connectivity index (χ3n) is 5.28. The summed E-state index contributed by atoms with van der Waals surface area (Å²) < 4.78 is 5.56. The van der Waals surface area contributed by atoms with Crippen molar-refractivity contribution < 1.29 is 4.74 Å². The van der Waals surface area contributed by atoms with Crippen LogP contribution in [-0.2, 0) is 12.8 Å². The molecule has 0 saturated heterocycles. The average molecular weight is 273 g/mol. The van der Waals surface area contributed by atoms with Crippen molar-refractivity contribution in [3.63, 3.8) is 0 Å². The molecule has 0 spiro atoms. The standard InChI is InChI=1S/C18H27NO/c1-2-13-3-6-15(11-13)17(19)7-4-14-5-8-18-16(12-14)9-10-20-18/h5,8,12-13,15,17H,2-4,6-7,9-11,19H2,1H3. The summed E-state index contributed by atoms with van der Waals surface area (Å²) in [7, 11) is 0. The topological polar surface area (TPSA) is 35.2 Å². The molecule has 3 rings (SSSR count). The molecule has 1 aliphatic carbocycles. The summed E-state index contributed by atoms with van der Waals surface area (Å²) in [4.78, 5) is 0. The van der Waals surface area contributed by atoms with Gasteiger partial charge in [0.15, 0.2) is 0 Å². The summed E-state index contributed by atoms with van der Waals surface area (Å²) in [6.07, 6.45) is 8.73. The van der Waals surface area contributed by atoms with Crippen molar-refractivity contribution in [3.8, 4) is 5.75 Å². The van der Waals surface area contributed by atoms with Crippen molar-refractivity contribution in [3.05, 3.63) is 29.3 Å². The molecule has 3 atom stereocenters. The molecule has 2 N–H and O–H groups in total. The molecule has 0 aromatic heterocycles.